The number of hydrogen-bond acceptors (Lipinski definition) is 5. The Kier molecular flexibility index (Phi) is 5.69. The van der Waals surface area contributed by atoms with Crippen LogP contribution in [0.1, 0.15) is 26.3 Å². The molecular weight excluding hydrogens is 426 g/mol. The Bertz CT molecular complexity index is 1310. The van der Waals surface area contributed by atoms with Gasteiger partial charge in [-0.05, 0) is 23.5 Å². The fraction of sp³-hybridized carbons (Fsp3) is 0.385. The van der Waals surface area contributed by atoms with Crippen molar-refractivity contribution in [1.82, 2.24) is 34.6 Å². The summed E-state index contributed by atoms with van der Waals surface area (Å²) in [5.41, 5.74) is 6.08. The Balaban J connectivity index is 1.41. The van der Waals surface area contributed by atoms with Gasteiger partial charge in [0.2, 0.25) is 5.91 Å². The highest BCUT2D eigenvalue weighted by Gasteiger charge is 2.29. The van der Waals surface area contributed by atoms with Crippen molar-refractivity contribution < 1.29 is 4.79 Å². The molecule has 0 aliphatic carbocycles. The van der Waals surface area contributed by atoms with E-state index in [-0.39, 0.29) is 17.4 Å². The second-order valence-corrected chi connectivity index (χ2v) is 10.4. The summed E-state index contributed by atoms with van der Waals surface area (Å²) in [7, 11) is 1.90. The third-order valence-electron chi connectivity index (χ3n) is 6.16. The number of benzene rings is 1. The van der Waals surface area contributed by atoms with E-state index in [1.165, 1.54) is 5.56 Å². The van der Waals surface area contributed by atoms with E-state index < -0.39 is 0 Å². The number of hydrogen-bond donors (Lipinski definition) is 1. The molecule has 1 unspecified atom stereocenters. The van der Waals surface area contributed by atoms with Crippen LogP contribution in [0.4, 0.5) is 0 Å². The predicted molar refractivity (Wildman–Crippen MR) is 132 cm³/mol. The van der Waals surface area contributed by atoms with Gasteiger partial charge in [-0.2, -0.15) is 10.2 Å². The van der Waals surface area contributed by atoms with Crippen molar-refractivity contribution in [3.63, 3.8) is 0 Å². The lowest BCUT2D eigenvalue weighted by molar-refractivity contribution is -0.126. The first-order valence-corrected chi connectivity index (χ1v) is 11.7. The van der Waals surface area contributed by atoms with Gasteiger partial charge in [-0.25, -0.2) is 9.50 Å². The maximum atomic E-state index is 12.0. The molecule has 1 N–H and O–H groups in total. The van der Waals surface area contributed by atoms with Crippen LogP contribution in [0.2, 0.25) is 0 Å². The molecule has 1 aliphatic rings. The summed E-state index contributed by atoms with van der Waals surface area (Å²) in [5.74, 6) is 0.111. The van der Waals surface area contributed by atoms with Gasteiger partial charge in [0, 0.05) is 43.5 Å². The maximum Gasteiger partial charge on any atom is 0.234 e. The number of aryl methyl sites for hydroxylation is 1. The largest absolute Gasteiger partial charge is 0.353 e. The van der Waals surface area contributed by atoms with Crippen molar-refractivity contribution in [3.8, 4) is 22.5 Å². The van der Waals surface area contributed by atoms with Crippen molar-refractivity contribution in [1.29, 1.82) is 0 Å². The standard InChI is InChI=1S/C26H31N7O/c1-26(2,3)17-32-16-24(34)27-13-21(32)11-18-5-7-19(8-6-18)25-23-9-10-28-33(23)15-22(30-25)20-12-29-31(4)14-20/h5-10,12,14-15,21H,11,13,16-17H2,1-4H3,(H,27,34). The molecule has 34 heavy (non-hydrogen) atoms. The molecule has 0 bridgehead atoms. The minimum Gasteiger partial charge on any atom is -0.353 e. The minimum atomic E-state index is 0.111. The Labute approximate surface area is 199 Å². The number of amides is 1. The molecule has 4 heterocycles. The topological polar surface area (TPSA) is 80.4 Å². The lowest BCUT2D eigenvalue weighted by atomic mass is 9.93. The molecule has 176 valence electrons. The molecule has 8 nitrogen and oxygen atoms in total. The predicted octanol–water partition coefficient (Wildman–Crippen LogP) is 3.19. The maximum absolute atomic E-state index is 12.0. The van der Waals surface area contributed by atoms with Crippen molar-refractivity contribution in [3.05, 3.63) is 60.7 Å². The van der Waals surface area contributed by atoms with Crippen molar-refractivity contribution in [2.75, 3.05) is 19.6 Å². The van der Waals surface area contributed by atoms with Gasteiger partial charge < -0.3 is 5.32 Å². The van der Waals surface area contributed by atoms with Gasteiger partial charge in [0.15, 0.2) is 0 Å². The molecule has 5 rings (SSSR count). The van der Waals surface area contributed by atoms with E-state index >= 15 is 0 Å². The van der Waals surface area contributed by atoms with E-state index in [9.17, 15) is 4.79 Å². The van der Waals surface area contributed by atoms with Crippen LogP contribution in [0.3, 0.4) is 0 Å². The zero-order valence-corrected chi connectivity index (χ0v) is 20.2. The van der Waals surface area contributed by atoms with Crippen molar-refractivity contribution in [2.24, 2.45) is 12.5 Å². The second-order valence-electron chi connectivity index (χ2n) is 10.4. The van der Waals surface area contributed by atoms with Gasteiger partial charge in [0.1, 0.15) is 0 Å². The van der Waals surface area contributed by atoms with Gasteiger partial charge >= 0.3 is 0 Å². The Morgan fingerprint density at radius 3 is 2.56 bits per heavy atom. The molecule has 1 atom stereocenters. The molecule has 3 aromatic heterocycles. The fourth-order valence-corrected chi connectivity index (χ4v) is 4.63. The Hall–Kier alpha value is -3.52. The molecule has 1 aromatic carbocycles. The van der Waals surface area contributed by atoms with E-state index in [1.807, 2.05) is 36.2 Å². The highest BCUT2D eigenvalue weighted by Crippen LogP contribution is 2.27. The monoisotopic (exact) mass is 457 g/mol. The van der Waals surface area contributed by atoms with E-state index in [4.69, 9.17) is 4.98 Å². The molecule has 8 heteroatoms. The molecule has 0 radical (unpaired) electrons. The van der Waals surface area contributed by atoms with Crippen LogP contribution in [0.15, 0.2) is 55.1 Å². The third-order valence-corrected chi connectivity index (χ3v) is 6.16. The van der Waals surface area contributed by atoms with E-state index in [2.05, 4.69) is 65.5 Å². The lowest BCUT2D eigenvalue weighted by Gasteiger charge is -2.39. The number of carbonyl (C=O) groups excluding carboxylic acids is 1. The van der Waals surface area contributed by atoms with Gasteiger partial charge in [-0.15, -0.1) is 0 Å². The second kappa shape index (κ2) is 8.68. The zero-order valence-electron chi connectivity index (χ0n) is 20.2. The highest BCUT2D eigenvalue weighted by molar-refractivity contribution is 5.79. The fourth-order valence-electron chi connectivity index (χ4n) is 4.63. The minimum absolute atomic E-state index is 0.111. The zero-order chi connectivity index (χ0) is 23.9. The van der Waals surface area contributed by atoms with Crippen LogP contribution in [-0.2, 0) is 18.3 Å². The third kappa shape index (κ3) is 4.72. The van der Waals surface area contributed by atoms with E-state index in [0.717, 1.165) is 41.0 Å². The summed E-state index contributed by atoms with van der Waals surface area (Å²) in [6.07, 6.45) is 8.39. The summed E-state index contributed by atoms with van der Waals surface area (Å²) < 4.78 is 3.64. The number of rotatable bonds is 5. The number of piperazine rings is 1. The SMILES string of the molecule is Cn1cc(-c2cn3nccc3c(-c3ccc(CC4CNC(=O)CN4CC(C)(C)C)cc3)n2)cn1. The number of aromatic nitrogens is 5. The van der Waals surface area contributed by atoms with Crippen LogP contribution >= 0.6 is 0 Å². The van der Waals surface area contributed by atoms with Gasteiger partial charge in [-0.3, -0.25) is 14.4 Å². The smallest absolute Gasteiger partial charge is 0.234 e. The summed E-state index contributed by atoms with van der Waals surface area (Å²) in [4.78, 5) is 19.3. The van der Waals surface area contributed by atoms with Crippen LogP contribution in [0.5, 0.6) is 0 Å². The molecule has 0 spiro atoms. The number of carbonyl (C=O) groups is 1. The molecular formula is C26H31N7O. The van der Waals surface area contributed by atoms with E-state index in [1.54, 1.807) is 10.9 Å². The summed E-state index contributed by atoms with van der Waals surface area (Å²) in [6.45, 7) is 8.69. The van der Waals surface area contributed by atoms with Crippen molar-refractivity contribution in [2.45, 2.75) is 33.2 Å². The molecule has 1 aliphatic heterocycles. The first-order valence-electron chi connectivity index (χ1n) is 11.7. The van der Waals surface area contributed by atoms with Crippen molar-refractivity contribution >= 4 is 11.4 Å². The normalized spacial score (nSPS) is 17.3. The quantitative estimate of drug-likeness (QED) is 0.498. The molecule has 1 amide bonds. The van der Waals surface area contributed by atoms with Crippen LogP contribution in [-0.4, -0.2) is 60.9 Å². The Morgan fingerprint density at radius 1 is 1.06 bits per heavy atom. The summed E-state index contributed by atoms with van der Waals surface area (Å²) >= 11 is 0. The summed E-state index contributed by atoms with van der Waals surface area (Å²) in [6, 6.07) is 10.9. The van der Waals surface area contributed by atoms with Crippen LogP contribution in [0, 0.1) is 5.41 Å². The number of fused-ring (bicyclic) bond motifs is 1. The van der Waals surface area contributed by atoms with Gasteiger partial charge in [0.05, 0.1) is 42.0 Å². The molecule has 4 aromatic rings. The van der Waals surface area contributed by atoms with Crippen LogP contribution < -0.4 is 5.32 Å². The number of nitrogens with one attached hydrogen (secondary N) is 1. The first kappa shape index (κ1) is 22.3. The van der Waals surface area contributed by atoms with Crippen LogP contribution in [0.25, 0.3) is 28.0 Å². The molecule has 1 fully saturated rings. The average molecular weight is 458 g/mol. The number of nitrogens with zero attached hydrogens (tertiary/aromatic N) is 6. The lowest BCUT2D eigenvalue weighted by Crippen LogP contribution is -2.56. The Morgan fingerprint density at radius 2 is 1.85 bits per heavy atom. The molecule has 0 saturated carbocycles. The highest BCUT2D eigenvalue weighted by atomic mass is 16.2. The van der Waals surface area contributed by atoms with E-state index in [0.29, 0.717) is 13.1 Å². The van der Waals surface area contributed by atoms with Gasteiger partial charge in [0.25, 0.3) is 0 Å². The summed E-state index contributed by atoms with van der Waals surface area (Å²) in [5, 5.41) is 11.8. The first-order chi connectivity index (χ1) is 16.2. The average Bonchev–Trinajstić information content (AvgIpc) is 3.43. The van der Waals surface area contributed by atoms with Gasteiger partial charge in [-0.1, -0.05) is 45.0 Å². The molecule has 1 saturated heterocycles.